The Morgan fingerprint density at radius 1 is 0.389 bits per heavy atom. The fraction of sp³-hybridized carbons (Fsp3) is 0.237. The molecule has 0 saturated heterocycles. The van der Waals surface area contributed by atoms with E-state index in [0.717, 1.165) is 11.1 Å². The van der Waals surface area contributed by atoms with E-state index in [9.17, 15) is 63.3 Å². The van der Waals surface area contributed by atoms with Crippen LogP contribution in [0.15, 0.2) is 176 Å². The van der Waals surface area contributed by atoms with Crippen molar-refractivity contribution < 1.29 is 129 Å². The number of hydrogen-bond donors (Lipinski definition) is 11. The molecule has 0 aromatic heterocycles. The van der Waals surface area contributed by atoms with Gasteiger partial charge in [-0.2, -0.15) is 0 Å². The first-order valence-corrected chi connectivity index (χ1v) is 33.2. The lowest BCUT2D eigenvalue weighted by Gasteiger charge is -2.14. The fourth-order valence-electron chi connectivity index (χ4n) is 10.1. The van der Waals surface area contributed by atoms with Crippen LogP contribution in [0.1, 0.15) is 92.0 Å². The topological polar surface area (TPSA) is 492 Å². The summed E-state index contributed by atoms with van der Waals surface area (Å²) in [6.45, 7) is 2.83. The van der Waals surface area contributed by atoms with Crippen LogP contribution in [-0.4, -0.2) is 174 Å². The Morgan fingerprint density at radius 2 is 0.704 bits per heavy atom. The lowest BCUT2D eigenvalue weighted by molar-refractivity contribution is -0.374. The molecule has 1 aliphatic carbocycles. The Morgan fingerprint density at radius 3 is 1.04 bits per heavy atom. The van der Waals surface area contributed by atoms with Gasteiger partial charge >= 0.3 is 23.9 Å². The molecule has 0 atom stereocenters. The second kappa shape index (κ2) is 44.6. The lowest BCUT2D eigenvalue weighted by Crippen LogP contribution is -3.00. The van der Waals surface area contributed by atoms with Gasteiger partial charge in [0.2, 0.25) is 17.7 Å². The number of quaternary nitrogens is 1. The van der Waals surface area contributed by atoms with E-state index >= 15 is 0 Å². The van der Waals surface area contributed by atoms with Gasteiger partial charge in [-0.1, -0.05) is 103 Å². The molecule has 8 aromatic carbocycles. The van der Waals surface area contributed by atoms with Crippen LogP contribution in [-0.2, 0) is 52.3 Å². The van der Waals surface area contributed by atoms with Gasteiger partial charge < -0.3 is 120 Å². The smallest absolute Gasteiger partial charge is 0.343 e. The summed E-state index contributed by atoms with van der Waals surface area (Å²) in [6.07, 6.45) is 0.676. The van der Waals surface area contributed by atoms with E-state index < -0.39 is 87.3 Å². The maximum absolute atomic E-state index is 12.4. The van der Waals surface area contributed by atoms with Crippen LogP contribution in [0.2, 0.25) is 0 Å². The standard InChI is InChI=1S/C36H34N2O9.2C20H23N3O7.ClH/c37-35(42)33-30(47-36(43)23-9-2-1-3-10-23)17-16-29(34(33)41)38-31(39)22-45-20-19-44-18-8-15-32(40)46-21-28-26-13-6-4-11-24(26)25-12-5-7-14-27(25)28;2*21-8-9-28-10-11-29-12-16(24)23-14-6-7-15(17(18(14)25)19(22)26)30-20(27)13-4-2-1-3-5-13;/h1-7,9-14,16-17,28,41H,8,15,18-22H2,(H2,37,42)(H,38,39);2*1-7,25H,8-12,21H2,(H2,22,26)(H,23,24);1H. The number of nitrogens with one attached hydrogen (secondary N) is 3. The summed E-state index contributed by atoms with van der Waals surface area (Å²) in [5.74, 6) is -9.99. The highest BCUT2D eigenvalue weighted by molar-refractivity contribution is 6.06. The lowest BCUT2D eigenvalue weighted by atomic mass is 9.98. The summed E-state index contributed by atoms with van der Waals surface area (Å²) in [4.78, 5) is 121. The average Bonchev–Trinajstić information content (AvgIpc) is 1.60. The number of hydrogen-bond acceptors (Lipinski definition) is 24. The molecule has 0 spiro atoms. The van der Waals surface area contributed by atoms with Gasteiger partial charge in [0.05, 0.1) is 93.2 Å². The number of phenols is 3. The average molecular weight is 1510 g/mol. The largest absolute Gasteiger partial charge is 1.00 e. The molecule has 108 heavy (non-hydrogen) atoms. The van der Waals surface area contributed by atoms with Gasteiger partial charge in [0.25, 0.3) is 17.7 Å². The first-order chi connectivity index (χ1) is 51.7. The maximum Gasteiger partial charge on any atom is 0.343 e. The molecule has 0 heterocycles. The van der Waals surface area contributed by atoms with Crippen LogP contribution >= 0.6 is 0 Å². The van der Waals surface area contributed by atoms with Crippen molar-refractivity contribution in [2.75, 3.05) is 115 Å². The van der Waals surface area contributed by atoms with E-state index in [4.69, 9.17) is 70.3 Å². The van der Waals surface area contributed by atoms with Crippen molar-refractivity contribution in [3.05, 3.63) is 220 Å². The predicted molar refractivity (Wildman–Crippen MR) is 386 cm³/mol. The molecule has 1 aliphatic rings. The van der Waals surface area contributed by atoms with Crippen molar-refractivity contribution in [1.82, 2.24) is 0 Å². The number of ether oxygens (including phenoxy) is 10. The minimum Gasteiger partial charge on any atom is -1.00 e. The van der Waals surface area contributed by atoms with Gasteiger partial charge in [-0.25, -0.2) is 14.4 Å². The number of fused-ring (bicyclic) bond motifs is 3. The molecule has 0 saturated carbocycles. The third-order valence-corrected chi connectivity index (χ3v) is 15.0. The zero-order valence-corrected chi connectivity index (χ0v) is 59.0. The van der Waals surface area contributed by atoms with E-state index in [2.05, 4.69) is 45.9 Å². The highest BCUT2D eigenvalue weighted by Crippen LogP contribution is 2.45. The van der Waals surface area contributed by atoms with Gasteiger partial charge in [-0.15, -0.1) is 0 Å². The van der Waals surface area contributed by atoms with Crippen LogP contribution in [0.25, 0.3) is 11.1 Å². The minimum absolute atomic E-state index is 0. The number of carbonyl (C=O) groups is 10. The fourth-order valence-corrected chi connectivity index (χ4v) is 10.1. The molecule has 0 aliphatic heterocycles. The van der Waals surface area contributed by atoms with Gasteiger partial charge in [0, 0.05) is 25.5 Å². The molecule has 0 bridgehead atoms. The molecule has 6 amide bonds. The first kappa shape index (κ1) is 84.8. The van der Waals surface area contributed by atoms with E-state index in [0.29, 0.717) is 45.9 Å². The third-order valence-electron chi connectivity index (χ3n) is 15.0. The van der Waals surface area contributed by atoms with E-state index in [1.165, 1.54) is 83.9 Å². The maximum atomic E-state index is 12.4. The Bertz CT molecular complexity index is 4190. The molecule has 31 nitrogen and oxygen atoms in total. The summed E-state index contributed by atoms with van der Waals surface area (Å²) >= 11 is 0. The molecule has 0 unspecified atom stereocenters. The Balaban J connectivity index is 0.000000263. The Labute approximate surface area is 625 Å². The predicted octanol–water partition coefficient (Wildman–Crippen LogP) is 2.39. The van der Waals surface area contributed by atoms with Crippen molar-refractivity contribution in [1.29, 1.82) is 0 Å². The number of rotatable bonds is 37. The van der Waals surface area contributed by atoms with Crippen molar-refractivity contribution >= 4 is 76.4 Å². The normalized spacial score (nSPS) is 10.9. The van der Waals surface area contributed by atoms with Gasteiger partial charge in [0.1, 0.15) is 60.4 Å². The van der Waals surface area contributed by atoms with Crippen molar-refractivity contribution in [3.8, 4) is 45.6 Å². The second-order valence-corrected chi connectivity index (χ2v) is 22.7. The molecular formula is C76H81ClN8O23. The number of benzene rings is 8. The molecule has 32 heteroatoms. The zero-order valence-electron chi connectivity index (χ0n) is 58.2. The van der Waals surface area contributed by atoms with Crippen molar-refractivity contribution in [3.63, 3.8) is 0 Å². The number of primary amides is 3. The number of nitrogens with two attached hydrogens (primary N) is 4. The third kappa shape index (κ3) is 25.9. The number of amides is 6. The summed E-state index contributed by atoms with van der Waals surface area (Å²) < 4.78 is 52.6. The Kier molecular flexibility index (Phi) is 35.0. The SMILES string of the molecule is NC(=O)c1c(OC(=O)c2ccccc2)ccc(NC(=O)COCCOCCCC(=O)OCC2c3ccccc3-c3ccccc32)c1O.NC(=O)c1c(OC(=O)c2ccccc2)ccc(NC(=O)COCCOCC[NH3+])c1O.NCCOCCOCC(=O)Nc1ccc(OC(=O)c2ccccc2)c(C(N)=O)c1O.[Cl-]. The summed E-state index contributed by atoms with van der Waals surface area (Å²) in [6, 6.07) is 48.1. The van der Waals surface area contributed by atoms with Gasteiger partial charge in [0.15, 0.2) is 17.2 Å². The van der Waals surface area contributed by atoms with Crippen molar-refractivity contribution in [2.45, 2.75) is 18.8 Å². The molecule has 0 radical (unpaired) electrons. The molecule has 570 valence electrons. The minimum atomic E-state index is -1.05. The highest BCUT2D eigenvalue weighted by Gasteiger charge is 2.30. The summed E-state index contributed by atoms with van der Waals surface area (Å²) in [7, 11) is 0. The van der Waals surface area contributed by atoms with Crippen LogP contribution < -0.4 is 71.2 Å². The zero-order chi connectivity index (χ0) is 77.0. The van der Waals surface area contributed by atoms with Gasteiger partial charge in [-0.05, 0) is 101 Å². The molecular weight excluding hydrogens is 1430 g/mol. The Hall–Kier alpha value is -12.2. The molecule has 8 aromatic rings. The summed E-state index contributed by atoms with van der Waals surface area (Å²) in [5, 5.41) is 38.5. The molecule has 17 N–H and O–H groups in total. The van der Waals surface area contributed by atoms with Crippen LogP contribution in [0.4, 0.5) is 17.1 Å². The van der Waals surface area contributed by atoms with E-state index in [1.807, 2.05) is 24.3 Å². The first-order valence-electron chi connectivity index (χ1n) is 33.2. The quantitative estimate of drug-likeness (QED) is 0.0115. The number of aromatic hydroxyl groups is 3. The van der Waals surface area contributed by atoms with Crippen LogP contribution in [0.3, 0.4) is 0 Å². The van der Waals surface area contributed by atoms with E-state index in [1.54, 1.807) is 54.6 Å². The second-order valence-electron chi connectivity index (χ2n) is 22.7. The summed E-state index contributed by atoms with van der Waals surface area (Å²) in [5.41, 5.74) is 28.7. The highest BCUT2D eigenvalue weighted by atomic mass is 35.5. The molecule has 9 rings (SSSR count). The van der Waals surface area contributed by atoms with Crippen LogP contribution in [0.5, 0.6) is 34.5 Å². The van der Waals surface area contributed by atoms with Gasteiger partial charge in [-0.3, -0.25) is 33.6 Å². The van der Waals surface area contributed by atoms with Crippen LogP contribution in [0, 0.1) is 0 Å². The monoisotopic (exact) mass is 1510 g/mol. The van der Waals surface area contributed by atoms with E-state index in [-0.39, 0.29) is 141 Å². The number of anilines is 3. The number of halogens is 1. The number of esters is 4. The van der Waals surface area contributed by atoms with Crippen molar-refractivity contribution in [2.24, 2.45) is 22.9 Å². The molecule has 0 fully saturated rings. The number of carbonyl (C=O) groups excluding carboxylic acids is 10.